The summed E-state index contributed by atoms with van der Waals surface area (Å²) < 4.78 is 2.54. The summed E-state index contributed by atoms with van der Waals surface area (Å²) in [7, 11) is 0. The Morgan fingerprint density at radius 1 is 1.03 bits per heavy atom. The molecule has 0 radical (unpaired) electrons. The van der Waals surface area contributed by atoms with Crippen molar-refractivity contribution in [2.75, 3.05) is 4.90 Å². The van der Waals surface area contributed by atoms with E-state index in [0.29, 0.717) is 14.9 Å². The maximum atomic E-state index is 13.0. The Bertz CT molecular complexity index is 1200. The second-order valence-corrected chi connectivity index (χ2v) is 8.46. The molecule has 0 unspecified atom stereocenters. The van der Waals surface area contributed by atoms with Gasteiger partial charge in [0.25, 0.3) is 11.6 Å². The zero-order valence-corrected chi connectivity index (χ0v) is 17.9. The molecule has 0 aliphatic carbocycles. The van der Waals surface area contributed by atoms with Crippen LogP contribution in [-0.2, 0) is 4.79 Å². The van der Waals surface area contributed by atoms with E-state index in [1.165, 1.54) is 40.9 Å². The molecule has 2 heterocycles. The van der Waals surface area contributed by atoms with Gasteiger partial charge < -0.3 is 4.57 Å². The number of thioether (sulfide) groups is 1. The molecular weight excluding hydrogens is 418 g/mol. The summed E-state index contributed by atoms with van der Waals surface area (Å²) in [6.45, 7) is 4.04. The number of hydrogen-bond acceptors (Lipinski definition) is 5. The van der Waals surface area contributed by atoms with E-state index in [4.69, 9.17) is 12.2 Å². The average molecular weight is 436 g/mol. The number of aryl methyl sites for hydroxylation is 1. The van der Waals surface area contributed by atoms with Gasteiger partial charge in [-0.2, -0.15) is 0 Å². The number of carbonyl (C=O) groups excluding carboxylic acids is 1. The molecule has 1 aliphatic heterocycles. The minimum absolute atomic E-state index is 0.0342. The first kappa shape index (κ1) is 20.1. The number of amides is 1. The van der Waals surface area contributed by atoms with Crippen LogP contribution in [0.1, 0.15) is 17.0 Å². The number of rotatable bonds is 4. The van der Waals surface area contributed by atoms with Crippen molar-refractivity contribution in [1.82, 2.24) is 4.57 Å². The molecule has 6 nitrogen and oxygen atoms in total. The van der Waals surface area contributed by atoms with Crippen LogP contribution in [0, 0.1) is 24.0 Å². The van der Waals surface area contributed by atoms with Crippen molar-refractivity contribution < 1.29 is 9.72 Å². The fourth-order valence-corrected chi connectivity index (χ4v) is 4.75. The van der Waals surface area contributed by atoms with Gasteiger partial charge in [0.15, 0.2) is 4.32 Å². The predicted molar refractivity (Wildman–Crippen MR) is 124 cm³/mol. The largest absolute Gasteiger partial charge is 0.318 e. The molecule has 2 aromatic carbocycles. The number of aromatic nitrogens is 1. The van der Waals surface area contributed by atoms with Crippen LogP contribution < -0.4 is 4.90 Å². The smallest absolute Gasteiger partial charge is 0.270 e. The number of benzene rings is 2. The molecule has 0 saturated carbocycles. The lowest BCUT2D eigenvalue weighted by atomic mass is 10.2. The number of hydrogen-bond donors (Lipinski definition) is 0. The maximum Gasteiger partial charge on any atom is 0.270 e. The SMILES string of the molecule is Cc1cc(/C=C2/SC(=S)N(c3ccc([N+](=O)[O-])cc3)C2=O)c(C)n1-c1ccccc1. The molecule has 4 rings (SSSR count). The Labute approximate surface area is 183 Å². The Hall–Kier alpha value is -3.23. The minimum atomic E-state index is -0.476. The summed E-state index contributed by atoms with van der Waals surface area (Å²) in [4.78, 5) is 25.3. The lowest BCUT2D eigenvalue weighted by molar-refractivity contribution is -0.384. The molecule has 3 aromatic rings. The quantitative estimate of drug-likeness (QED) is 0.237. The molecule has 1 aliphatic rings. The predicted octanol–water partition coefficient (Wildman–Crippen LogP) is 5.41. The van der Waals surface area contributed by atoms with Gasteiger partial charge >= 0.3 is 0 Å². The van der Waals surface area contributed by atoms with E-state index >= 15 is 0 Å². The number of carbonyl (C=O) groups is 1. The van der Waals surface area contributed by atoms with Gasteiger partial charge in [-0.25, -0.2) is 0 Å². The Balaban J connectivity index is 1.67. The van der Waals surface area contributed by atoms with Gasteiger partial charge in [-0.05, 0) is 55.8 Å². The monoisotopic (exact) mass is 435 g/mol. The highest BCUT2D eigenvalue weighted by atomic mass is 32.2. The van der Waals surface area contributed by atoms with Crippen LogP contribution in [0.25, 0.3) is 11.8 Å². The second-order valence-electron chi connectivity index (χ2n) is 6.79. The minimum Gasteiger partial charge on any atom is -0.318 e. The van der Waals surface area contributed by atoms with Crippen LogP contribution in [0.2, 0.25) is 0 Å². The highest BCUT2D eigenvalue weighted by Gasteiger charge is 2.33. The van der Waals surface area contributed by atoms with E-state index < -0.39 is 4.92 Å². The van der Waals surface area contributed by atoms with Crippen LogP contribution in [0.5, 0.6) is 0 Å². The molecule has 1 aromatic heterocycles. The first-order valence-corrected chi connectivity index (χ1v) is 10.4. The van der Waals surface area contributed by atoms with Crippen LogP contribution in [0.15, 0.2) is 65.6 Å². The Morgan fingerprint density at radius 3 is 2.33 bits per heavy atom. The molecule has 1 fully saturated rings. The van der Waals surface area contributed by atoms with E-state index in [-0.39, 0.29) is 11.6 Å². The number of non-ortho nitro benzene ring substituents is 1. The van der Waals surface area contributed by atoms with E-state index in [2.05, 4.69) is 4.57 Å². The van der Waals surface area contributed by atoms with Crippen molar-refractivity contribution in [3.8, 4) is 5.69 Å². The molecule has 150 valence electrons. The molecule has 1 amide bonds. The van der Waals surface area contributed by atoms with Gasteiger partial charge in [0.05, 0.1) is 15.5 Å². The van der Waals surface area contributed by atoms with Crippen LogP contribution in [-0.4, -0.2) is 19.7 Å². The molecule has 30 heavy (non-hydrogen) atoms. The summed E-state index contributed by atoms with van der Waals surface area (Å²) in [6, 6.07) is 17.9. The topological polar surface area (TPSA) is 68.4 Å². The van der Waals surface area contributed by atoms with Crippen molar-refractivity contribution in [3.63, 3.8) is 0 Å². The number of anilines is 1. The molecule has 8 heteroatoms. The summed E-state index contributed by atoms with van der Waals surface area (Å²) in [5.74, 6) is -0.233. The number of thiocarbonyl (C=S) groups is 1. The zero-order valence-electron chi connectivity index (χ0n) is 16.2. The lowest BCUT2D eigenvalue weighted by Crippen LogP contribution is -2.27. The summed E-state index contributed by atoms with van der Waals surface area (Å²) in [5.41, 5.74) is 4.58. The maximum absolute atomic E-state index is 13.0. The van der Waals surface area contributed by atoms with Gasteiger partial charge in [0.1, 0.15) is 0 Å². The van der Waals surface area contributed by atoms with Crippen molar-refractivity contribution in [2.24, 2.45) is 0 Å². The van der Waals surface area contributed by atoms with Gasteiger partial charge in [0.2, 0.25) is 0 Å². The Kier molecular flexibility index (Phi) is 5.27. The standard InChI is InChI=1S/C22H17N3O3S2/c1-14-12-16(15(2)23(14)17-6-4-3-5-7-17)13-20-21(26)24(22(29)30-20)18-8-10-19(11-9-18)25(27)28/h3-13H,1-2H3/b20-13+. The van der Waals surface area contributed by atoms with Crippen LogP contribution >= 0.6 is 24.0 Å². The third-order valence-electron chi connectivity index (χ3n) is 4.88. The molecule has 0 atom stereocenters. The second kappa shape index (κ2) is 7.89. The van der Waals surface area contributed by atoms with Crippen molar-refractivity contribution in [3.05, 3.63) is 92.6 Å². The van der Waals surface area contributed by atoms with E-state index in [1.807, 2.05) is 56.3 Å². The molecule has 0 spiro atoms. The Morgan fingerprint density at radius 2 is 1.70 bits per heavy atom. The number of nitrogens with zero attached hydrogens (tertiary/aromatic N) is 3. The van der Waals surface area contributed by atoms with Crippen LogP contribution in [0.3, 0.4) is 0 Å². The van der Waals surface area contributed by atoms with E-state index in [0.717, 1.165) is 22.6 Å². The van der Waals surface area contributed by atoms with E-state index in [9.17, 15) is 14.9 Å². The molecular formula is C22H17N3O3S2. The molecule has 0 N–H and O–H groups in total. The number of para-hydroxylation sites is 1. The number of nitro benzene ring substituents is 1. The third-order valence-corrected chi connectivity index (χ3v) is 6.19. The van der Waals surface area contributed by atoms with Gasteiger partial charge in [-0.1, -0.05) is 42.2 Å². The van der Waals surface area contributed by atoms with Crippen molar-refractivity contribution in [1.29, 1.82) is 0 Å². The zero-order chi connectivity index (χ0) is 21.4. The normalized spacial score (nSPS) is 15.3. The van der Waals surface area contributed by atoms with Gasteiger partial charge in [-0.15, -0.1) is 0 Å². The molecule has 1 saturated heterocycles. The first-order valence-electron chi connectivity index (χ1n) is 9.13. The highest BCUT2D eigenvalue weighted by molar-refractivity contribution is 8.27. The fraction of sp³-hybridized carbons (Fsp3) is 0.0909. The molecule has 0 bridgehead atoms. The van der Waals surface area contributed by atoms with Gasteiger partial charge in [-0.3, -0.25) is 19.8 Å². The summed E-state index contributed by atoms with van der Waals surface area (Å²) in [6.07, 6.45) is 1.85. The fourth-order valence-electron chi connectivity index (χ4n) is 3.46. The average Bonchev–Trinajstić information content (AvgIpc) is 3.17. The van der Waals surface area contributed by atoms with Crippen molar-refractivity contribution >= 4 is 51.7 Å². The lowest BCUT2D eigenvalue weighted by Gasteiger charge is -2.13. The first-order chi connectivity index (χ1) is 14.4. The van der Waals surface area contributed by atoms with E-state index in [1.54, 1.807) is 0 Å². The van der Waals surface area contributed by atoms with Crippen LogP contribution in [0.4, 0.5) is 11.4 Å². The highest BCUT2D eigenvalue weighted by Crippen LogP contribution is 2.37. The third kappa shape index (κ3) is 3.55. The summed E-state index contributed by atoms with van der Waals surface area (Å²) in [5, 5.41) is 10.9. The van der Waals surface area contributed by atoms with Crippen molar-refractivity contribution in [2.45, 2.75) is 13.8 Å². The van der Waals surface area contributed by atoms with Gasteiger partial charge in [0, 0.05) is 29.2 Å². The number of nitro groups is 1. The summed E-state index contributed by atoms with van der Waals surface area (Å²) >= 11 is 6.63.